The highest BCUT2D eigenvalue weighted by Crippen LogP contribution is 2.29. The van der Waals surface area contributed by atoms with Crippen LogP contribution in [0.1, 0.15) is 47.4 Å². The summed E-state index contributed by atoms with van der Waals surface area (Å²) in [6.45, 7) is 11.9. The van der Waals surface area contributed by atoms with E-state index < -0.39 is 22.8 Å². The third-order valence-electron chi connectivity index (χ3n) is 10.3. The van der Waals surface area contributed by atoms with Crippen molar-refractivity contribution in [3.63, 3.8) is 0 Å². The molecule has 54 heavy (non-hydrogen) atoms. The van der Waals surface area contributed by atoms with Crippen LogP contribution in [0.4, 0.5) is 11.6 Å². The van der Waals surface area contributed by atoms with Gasteiger partial charge in [-0.05, 0) is 39.8 Å². The number of nitrogens with one attached hydrogen (secondary N) is 2. The Morgan fingerprint density at radius 3 is 1.35 bits per heavy atom. The molecule has 5 heterocycles. The molecular formula is C40H44N8O6. The second kappa shape index (κ2) is 15.6. The number of carboxylic acids is 2. The molecule has 6 aromatic rings. The van der Waals surface area contributed by atoms with E-state index in [1.807, 2.05) is 62.4 Å². The third kappa shape index (κ3) is 6.97. The van der Waals surface area contributed by atoms with E-state index >= 15 is 0 Å². The molecule has 7 rings (SSSR count). The molecule has 14 nitrogen and oxygen atoms in total. The van der Waals surface area contributed by atoms with Gasteiger partial charge in [0.2, 0.25) is 10.9 Å². The normalized spacial score (nSPS) is 14.0. The predicted octanol–water partition coefficient (Wildman–Crippen LogP) is 4.77. The number of aromatic carboxylic acids is 2. The van der Waals surface area contributed by atoms with Crippen LogP contribution in [-0.2, 0) is 13.1 Å². The van der Waals surface area contributed by atoms with Gasteiger partial charge >= 0.3 is 11.9 Å². The van der Waals surface area contributed by atoms with Crippen LogP contribution in [0.3, 0.4) is 0 Å². The molecule has 14 heteroatoms. The lowest BCUT2D eigenvalue weighted by molar-refractivity contribution is 0.0684. The quantitative estimate of drug-likeness (QED) is 0.0894. The number of pyridine rings is 4. The van der Waals surface area contributed by atoms with E-state index in [4.69, 9.17) is 9.97 Å². The lowest BCUT2D eigenvalue weighted by Crippen LogP contribution is -2.47. The van der Waals surface area contributed by atoms with E-state index in [-0.39, 0.29) is 11.1 Å². The molecule has 0 unspecified atom stereocenters. The van der Waals surface area contributed by atoms with Crippen LogP contribution in [0.15, 0.2) is 70.5 Å². The number of aromatic nitrogens is 4. The van der Waals surface area contributed by atoms with Gasteiger partial charge in [0.1, 0.15) is 34.1 Å². The van der Waals surface area contributed by atoms with E-state index in [1.54, 1.807) is 9.13 Å². The standard InChI is InChI=1S/C40H44N8O6/c1-3-47-23-29(39(51)52)33(49)31-25-11-5-7-13-27(25)35(43-37(31)47)41-15-9-17-45-19-21-46(22-20-45)18-10-16-42-36-28-14-8-6-12-26(28)32-34(50)30(40(53)54)24-48(4-2)38(32)44-36/h5-8,11-14,23-24H,3-4,9-10,15-22H2,1-2H3,(H,41,43)(H,42,44)(H,51,52)(H,53,54). The summed E-state index contributed by atoms with van der Waals surface area (Å²) in [6, 6.07) is 15.0. The lowest BCUT2D eigenvalue weighted by Gasteiger charge is -2.34. The van der Waals surface area contributed by atoms with Crippen molar-refractivity contribution in [1.29, 1.82) is 0 Å². The maximum absolute atomic E-state index is 13.2. The van der Waals surface area contributed by atoms with Crippen molar-refractivity contribution in [2.24, 2.45) is 0 Å². The summed E-state index contributed by atoms with van der Waals surface area (Å²) in [7, 11) is 0. The molecule has 0 amide bonds. The Kier molecular flexibility index (Phi) is 10.6. The number of carboxylic acid groups (broad SMARTS) is 2. The van der Waals surface area contributed by atoms with Crippen molar-refractivity contribution in [3.8, 4) is 0 Å². The average Bonchev–Trinajstić information content (AvgIpc) is 3.18. The number of piperazine rings is 1. The van der Waals surface area contributed by atoms with Gasteiger partial charge in [-0.15, -0.1) is 0 Å². The van der Waals surface area contributed by atoms with Crippen molar-refractivity contribution in [3.05, 3.63) is 92.5 Å². The van der Waals surface area contributed by atoms with Crippen LogP contribution in [0.5, 0.6) is 0 Å². The van der Waals surface area contributed by atoms with Crippen LogP contribution in [-0.4, -0.2) is 103 Å². The van der Waals surface area contributed by atoms with E-state index in [0.29, 0.717) is 70.7 Å². The molecule has 0 bridgehead atoms. The van der Waals surface area contributed by atoms with Gasteiger partial charge in [0, 0.05) is 86.3 Å². The minimum Gasteiger partial charge on any atom is -0.477 e. The number of nitrogens with zero attached hydrogens (tertiary/aromatic N) is 6. The van der Waals surface area contributed by atoms with Gasteiger partial charge in [-0.1, -0.05) is 48.5 Å². The van der Waals surface area contributed by atoms with Crippen LogP contribution in [0, 0.1) is 0 Å². The fourth-order valence-electron chi connectivity index (χ4n) is 7.50. The highest BCUT2D eigenvalue weighted by Gasteiger charge is 2.21. The number of hydrogen-bond donors (Lipinski definition) is 4. The second-order valence-electron chi connectivity index (χ2n) is 13.6. The molecule has 0 radical (unpaired) electrons. The van der Waals surface area contributed by atoms with Crippen LogP contribution >= 0.6 is 0 Å². The molecule has 0 atom stereocenters. The molecule has 4 aromatic heterocycles. The highest BCUT2D eigenvalue weighted by atomic mass is 16.4. The molecule has 0 saturated carbocycles. The third-order valence-corrected chi connectivity index (χ3v) is 10.3. The molecule has 280 valence electrons. The largest absolute Gasteiger partial charge is 0.477 e. The summed E-state index contributed by atoms with van der Waals surface area (Å²) >= 11 is 0. The van der Waals surface area contributed by atoms with E-state index in [2.05, 4.69) is 20.4 Å². The Hall–Kier alpha value is -5.86. The Morgan fingerprint density at radius 2 is 1.00 bits per heavy atom. The van der Waals surface area contributed by atoms with Gasteiger partial charge in [-0.2, -0.15) is 0 Å². The Labute approximate surface area is 310 Å². The average molecular weight is 733 g/mol. The van der Waals surface area contributed by atoms with Crippen molar-refractivity contribution >= 4 is 67.2 Å². The lowest BCUT2D eigenvalue weighted by atomic mass is 10.1. The SMILES string of the molecule is CCn1cc(C(=O)O)c(=O)c2c3ccccc3c(NCCCN3CCN(CCCNc4nc5c(c(=O)c(C(=O)O)cn5CC)c5ccccc45)CC3)nc21. The number of aryl methyl sites for hydroxylation is 2. The van der Waals surface area contributed by atoms with E-state index in [9.17, 15) is 29.4 Å². The molecule has 1 fully saturated rings. The Morgan fingerprint density at radius 1 is 0.630 bits per heavy atom. The second-order valence-corrected chi connectivity index (χ2v) is 13.6. The molecule has 0 spiro atoms. The van der Waals surface area contributed by atoms with E-state index in [0.717, 1.165) is 62.9 Å². The van der Waals surface area contributed by atoms with Crippen LogP contribution in [0.25, 0.3) is 43.6 Å². The van der Waals surface area contributed by atoms with Crippen LogP contribution < -0.4 is 21.5 Å². The monoisotopic (exact) mass is 732 g/mol. The molecule has 2 aromatic carbocycles. The zero-order valence-corrected chi connectivity index (χ0v) is 30.5. The fraction of sp³-hybridized carbons (Fsp3) is 0.350. The summed E-state index contributed by atoms with van der Waals surface area (Å²) < 4.78 is 3.45. The molecule has 4 N–H and O–H groups in total. The first kappa shape index (κ1) is 36.5. The summed E-state index contributed by atoms with van der Waals surface area (Å²) in [6.07, 6.45) is 4.58. The van der Waals surface area contributed by atoms with Gasteiger partial charge in [0.25, 0.3) is 0 Å². The zero-order valence-electron chi connectivity index (χ0n) is 30.5. The smallest absolute Gasteiger partial charge is 0.341 e. The van der Waals surface area contributed by atoms with Crippen LogP contribution in [0.2, 0.25) is 0 Å². The topological polar surface area (TPSA) is 175 Å². The zero-order chi connectivity index (χ0) is 37.9. The molecule has 1 saturated heterocycles. The van der Waals surface area contributed by atoms with E-state index in [1.165, 1.54) is 12.4 Å². The fourth-order valence-corrected chi connectivity index (χ4v) is 7.50. The number of carbonyl (C=O) groups is 2. The van der Waals surface area contributed by atoms with Crippen molar-refractivity contribution in [2.45, 2.75) is 39.8 Å². The molecule has 1 aliphatic rings. The summed E-state index contributed by atoms with van der Waals surface area (Å²) in [4.78, 5) is 64.6. The van der Waals surface area contributed by atoms with Gasteiger partial charge in [0.15, 0.2) is 0 Å². The minimum atomic E-state index is -1.25. The van der Waals surface area contributed by atoms with Gasteiger partial charge in [-0.25, -0.2) is 19.6 Å². The minimum absolute atomic E-state index is 0.258. The number of fused-ring (bicyclic) bond motifs is 6. The first-order valence-electron chi connectivity index (χ1n) is 18.5. The van der Waals surface area contributed by atoms with Gasteiger partial charge < -0.3 is 39.8 Å². The highest BCUT2D eigenvalue weighted by molar-refractivity contribution is 6.11. The number of benzene rings is 2. The van der Waals surface area contributed by atoms with Crippen molar-refractivity contribution in [2.75, 3.05) is 63.0 Å². The first-order valence-corrected chi connectivity index (χ1v) is 18.5. The van der Waals surface area contributed by atoms with Crippen molar-refractivity contribution in [1.82, 2.24) is 28.9 Å². The molecule has 0 aliphatic carbocycles. The number of anilines is 2. The summed E-state index contributed by atoms with van der Waals surface area (Å²) in [5.41, 5.74) is -0.613. The first-order chi connectivity index (χ1) is 26.2. The maximum atomic E-state index is 13.2. The molecule has 1 aliphatic heterocycles. The Balaban J connectivity index is 0.925. The summed E-state index contributed by atoms with van der Waals surface area (Å²) in [5.74, 6) is -1.13. The van der Waals surface area contributed by atoms with Gasteiger partial charge in [0.05, 0.1) is 10.8 Å². The number of hydrogen-bond acceptors (Lipinski definition) is 10. The van der Waals surface area contributed by atoms with Gasteiger partial charge in [-0.3, -0.25) is 9.59 Å². The summed E-state index contributed by atoms with van der Waals surface area (Å²) in [5, 5.41) is 29.9. The van der Waals surface area contributed by atoms with Crippen molar-refractivity contribution < 1.29 is 19.8 Å². The predicted molar refractivity (Wildman–Crippen MR) is 211 cm³/mol. The number of rotatable bonds is 14. The molecular weight excluding hydrogens is 688 g/mol. The Bertz CT molecular complexity index is 2350. The maximum Gasteiger partial charge on any atom is 0.341 e.